The van der Waals surface area contributed by atoms with Gasteiger partial charge in [-0.2, -0.15) is 4.98 Å². The number of hydrogen-bond acceptors (Lipinski definition) is 8. The molecule has 0 bridgehead atoms. The molecule has 0 unspecified atom stereocenters. The van der Waals surface area contributed by atoms with Crippen molar-refractivity contribution in [2.45, 2.75) is 19.8 Å². The SMILES string of the molecule is Cc1nc(Nc2ncc(-c3ccccc3)s2)cc(OCCNC(=O)[C@H]2CCCOC2)n1. The van der Waals surface area contributed by atoms with E-state index in [4.69, 9.17) is 9.47 Å². The van der Waals surface area contributed by atoms with Gasteiger partial charge in [0.05, 0.1) is 23.9 Å². The van der Waals surface area contributed by atoms with Crippen LogP contribution < -0.4 is 15.4 Å². The zero-order valence-electron chi connectivity index (χ0n) is 17.3. The zero-order valence-corrected chi connectivity index (χ0v) is 18.2. The molecule has 1 fully saturated rings. The highest BCUT2D eigenvalue weighted by Crippen LogP contribution is 2.30. The van der Waals surface area contributed by atoms with E-state index in [9.17, 15) is 4.79 Å². The molecule has 2 N–H and O–H groups in total. The smallest absolute Gasteiger partial charge is 0.225 e. The third-order valence-corrected chi connectivity index (χ3v) is 5.76. The van der Waals surface area contributed by atoms with Crippen LogP contribution in [0.2, 0.25) is 0 Å². The van der Waals surface area contributed by atoms with Gasteiger partial charge in [-0.05, 0) is 25.3 Å². The molecule has 0 aliphatic carbocycles. The quantitative estimate of drug-likeness (QED) is 0.518. The van der Waals surface area contributed by atoms with E-state index in [2.05, 4.69) is 37.7 Å². The monoisotopic (exact) mass is 439 g/mol. The second kappa shape index (κ2) is 10.3. The predicted molar refractivity (Wildman–Crippen MR) is 120 cm³/mol. The summed E-state index contributed by atoms with van der Waals surface area (Å²) < 4.78 is 11.1. The van der Waals surface area contributed by atoms with Crippen LogP contribution in [0.5, 0.6) is 5.88 Å². The number of amides is 1. The van der Waals surface area contributed by atoms with Gasteiger partial charge in [0.1, 0.15) is 18.2 Å². The summed E-state index contributed by atoms with van der Waals surface area (Å²) in [5, 5.41) is 6.86. The summed E-state index contributed by atoms with van der Waals surface area (Å²) in [4.78, 5) is 26.4. The number of aromatic nitrogens is 3. The van der Waals surface area contributed by atoms with Crippen LogP contribution in [0.4, 0.5) is 10.9 Å². The van der Waals surface area contributed by atoms with Gasteiger partial charge in [0, 0.05) is 18.9 Å². The molecular formula is C22H25N5O3S. The fourth-order valence-electron chi connectivity index (χ4n) is 3.28. The molecule has 1 aliphatic rings. The van der Waals surface area contributed by atoms with Crippen LogP contribution in [0, 0.1) is 12.8 Å². The van der Waals surface area contributed by atoms with Crippen molar-refractivity contribution in [3.05, 3.63) is 48.4 Å². The number of benzene rings is 1. The first kappa shape index (κ1) is 21.2. The molecule has 2 aromatic heterocycles. The Hall–Kier alpha value is -3.04. The molecule has 1 aliphatic heterocycles. The number of aryl methyl sites for hydroxylation is 1. The Morgan fingerprint density at radius 2 is 2.16 bits per heavy atom. The summed E-state index contributed by atoms with van der Waals surface area (Å²) in [6.07, 6.45) is 3.64. The van der Waals surface area contributed by atoms with Crippen molar-refractivity contribution in [3.8, 4) is 16.3 Å². The molecule has 0 saturated carbocycles. The molecule has 31 heavy (non-hydrogen) atoms. The lowest BCUT2D eigenvalue weighted by Gasteiger charge is -2.21. The Kier molecular flexibility index (Phi) is 7.06. The van der Waals surface area contributed by atoms with Crippen LogP contribution >= 0.6 is 11.3 Å². The van der Waals surface area contributed by atoms with Gasteiger partial charge in [-0.25, -0.2) is 9.97 Å². The third-order valence-electron chi connectivity index (χ3n) is 4.80. The van der Waals surface area contributed by atoms with E-state index in [1.165, 1.54) is 0 Å². The topological polar surface area (TPSA) is 98.3 Å². The third kappa shape index (κ3) is 5.99. The lowest BCUT2D eigenvalue weighted by molar-refractivity contribution is -0.129. The number of nitrogens with one attached hydrogen (secondary N) is 2. The lowest BCUT2D eigenvalue weighted by atomic mass is 10.0. The van der Waals surface area contributed by atoms with Gasteiger partial charge < -0.3 is 20.1 Å². The summed E-state index contributed by atoms with van der Waals surface area (Å²) in [6.45, 7) is 3.78. The molecule has 8 nitrogen and oxygen atoms in total. The first-order valence-corrected chi connectivity index (χ1v) is 11.1. The Labute approximate surface area is 185 Å². The Morgan fingerprint density at radius 3 is 2.97 bits per heavy atom. The normalized spacial score (nSPS) is 16.0. The molecule has 0 spiro atoms. The first-order chi connectivity index (χ1) is 15.2. The Balaban J connectivity index is 1.30. The van der Waals surface area contributed by atoms with Crippen LogP contribution in [-0.2, 0) is 9.53 Å². The minimum absolute atomic E-state index is 0.0162. The number of carbonyl (C=O) groups excluding carboxylic acids is 1. The van der Waals surface area contributed by atoms with Crippen molar-refractivity contribution in [3.63, 3.8) is 0 Å². The van der Waals surface area contributed by atoms with E-state index in [-0.39, 0.29) is 11.8 Å². The molecule has 3 aromatic rings. The minimum Gasteiger partial charge on any atom is -0.476 e. The summed E-state index contributed by atoms with van der Waals surface area (Å²) in [6, 6.07) is 11.8. The first-order valence-electron chi connectivity index (χ1n) is 10.3. The van der Waals surface area contributed by atoms with Gasteiger partial charge in [0.2, 0.25) is 11.8 Å². The van der Waals surface area contributed by atoms with E-state index >= 15 is 0 Å². The number of nitrogens with zero attached hydrogens (tertiary/aromatic N) is 3. The molecule has 0 radical (unpaired) electrons. The van der Waals surface area contributed by atoms with E-state index in [1.54, 1.807) is 24.3 Å². The summed E-state index contributed by atoms with van der Waals surface area (Å²) in [7, 11) is 0. The van der Waals surface area contributed by atoms with Crippen molar-refractivity contribution < 1.29 is 14.3 Å². The summed E-state index contributed by atoms with van der Waals surface area (Å²) in [5.41, 5.74) is 1.12. The van der Waals surface area contributed by atoms with Crippen molar-refractivity contribution in [1.82, 2.24) is 20.3 Å². The van der Waals surface area contributed by atoms with Crippen molar-refractivity contribution in [1.29, 1.82) is 0 Å². The Bertz CT molecular complexity index is 1010. The molecule has 1 amide bonds. The average Bonchev–Trinajstić information content (AvgIpc) is 3.26. The van der Waals surface area contributed by atoms with Crippen LogP contribution in [0.3, 0.4) is 0 Å². The second-order valence-electron chi connectivity index (χ2n) is 7.21. The van der Waals surface area contributed by atoms with Crippen molar-refractivity contribution in [2.24, 2.45) is 5.92 Å². The van der Waals surface area contributed by atoms with Crippen LogP contribution in [0.1, 0.15) is 18.7 Å². The molecule has 1 aromatic carbocycles. The largest absolute Gasteiger partial charge is 0.476 e. The maximum Gasteiger partial charge on any atom is 0.225 e. The molecule has 162 valence electrons. The number of ether oxygens (including phenoxy) is 2. The number of anilines is 2. The molecule has 4 rings (SSSR count). The van der Waals surface area contributed by atoms with Gasteiger partial charge in [-0.3, -0.25) is 4.79 Å². The standard InChI is InChI=1S/C22H25N5O3S/c1-15-25-19(27-22-24-13-18(31-22)16-6-3-2-4-7-16)12-20(26-15)30-11-9-23-21(28)17-8-5-10-29-14-17/h2-4,6-7,12-13,17H,5,8-11,14H2,1H3,(H,23,28)(H,24,25,26,27)/t17-/m0/s1. The molecule has 3 heterocycles. The molecule has 9 heteroatoms. The van der Waals surface area contributed by atoms with Gasteiger partial charge in [-0.15, -0.1) is 0 Å². The van der Waals surface area contributed by atoms with E-state index < -0.39 is 0 Å². The van der Waals surface area contributed by atoms with Gasteiger partial charge >= 0.3 is 0 Å². The van der Waals surface area contributed by atoms with Crippen LogP contribution in [-0.4, -0.2) is 47.2 Å². The van der Waals surface area contributed by atoms with Gasteiger partial charge in [-0.1, -0.05) is 41.7 Å². The Morgan fingerprint density at radius 1 is 1.29 bits per heavy atom. The number of thiazole rings is 1. The zero-order chi connectivity index (χ0) is 21.5. The fourth-order valence-corrected chi connectivity index (χ4v) is 4.11. The van der Waals surface area contributed by atoms with Crippen LogP contribution in [0.25, 0.3) is 10.4 Å². The molecule has 1 saturated heterocycles. The average molecular weight is 440 g/mol. The van der Waals surface area contributed by atoms with Gasteiger partial charge in [0.25, 0.3) is 0 Å². The lowest BCUT2D eigenvalue weighted by Crippen LogP contribution is -2.37. The second-order valence-corrected chi connectivity index (χ2v) is 8.24. The van der Waals surface area contributed by atoms with E-state index in [0.29, 0.717) is 37.3 Å². The predicted octanol–water partition coefficient (Wildman–Crippen LogP) is 3.57. The van der Waals surface area contributed by atoms with Crippen LogP contribution in [0.15, 0.2) is 42.6 Å². The fraction of sp³-hybridized carbons (Fsp3) is 0.364. The number of carbonyl (C=O) groups is 1. The van der Waals surface area contributed by atoms with Gasteiger partial charge in [0.15, 0.2) is 5.13 Å². The molecule has 1 atom stereocenters. The highest BCUT2D eigenvalue weighted by molar-refractivity contribution is 7.18. The minimum atomic E-state index is -0.0649. The highest BCUT2D eigenvalue weighted by Gasteiger charge is 2.21. The van der Waals surface area contributed by atoms with E-state index in [0.717, 1.165) is 35.0 Å². The van der Waals surface area contributed by atoms with E-state index in [1.807, 2.05) is 24.4 Å². The highest BCUT2D eigenvalue weighted by atomic mass is 32.1. The maximum atomic E-state index is 12.1. The summed E-state index contributed by atoms with van der Waals surface area (Å²) >= 11 is 1.55. The maximum absolute atomic E-state index is 12.1. The number of rotatable bonds is 8. The van der Waals surface area contributed by atoms with Crippen molar-refractivity contribution >= 4 is 28.2 Å². The number of hydrogen-bond donors (Lipinski definition) is 2. The van der Waals surface area contributed by atoms with Crippen molar-refractivity contribution in [2.75, 3.05) is 31.7 Å². The summed E-state index contributed by atoms with van der Waals surface area (Å²) in [5.74, 6) is 1.60. The molecular weight excluding hydrogens is 414 g/mol.